The molecule has 1 aromatic heterocycles. The lowest BCUT2D eigenvalue weighted by Crippen LogP contribution is -2.07. The maximum Gasteiger partial charge on any atom is 0.206 e. The zero-order valence-corrected chi connectivity index (χ0v) is 11.9. The normalized spacial score (nSPS) is 22.7. The van der Waals surface area contributed by atoms with Gasteiger partial charge in [0.15, 0.2) is 3.92 Å². The van der Waals surface area contributed by atoms with Crippen LogP contribution in [0.4, 0.5) is 5.13 Å². The third-order valence-electron chi connectivity index (χ3n) is 4.18. The van der Waals surface area contributed by atoms with Gasteiger partial charge in [-0.2, -0.15) is 0 Å². The Morgan fingerprint density at radius 2 is 1.87 bits per heavy atom. The molecule has 0 amide bonds. The predicted octanol–water partition coefficient (Wildman–Crippen LogP) is 3.39. The average molecular weight is 290 g/mol. The van der Waals surface area contributed by atoms with Crippen molar-refractivity contribution in [1.82, 2.24) is 10.2 Å². The van der Waals surface area contributed by atoms with Crippen molar-refractivity contribution in [3.63, 3.8) is 0 Å². The summed E-state index contributed by atoms with van der Waals surface area (Å²) in [5.74, 6) is 0.715. The van der Waals surface area contributed by atoms with E-state index in [0.29, 0.717) is 16.7 Å². The van der Waals surface area contributed by atoms with Gasteiger partial charge in [0.2, 0.25) is 5.13 Å². The van der Waals surface area contributed by atoms with Crippen LogP contribution in [0.15, 0.2) is 3.92 Å². The molecule has 0 spiro atoms. The molecule has 0 aliphatic heterocycles. The van der Waals surface area contributed by atoms with Crippen LogP contribution in [0.1, 0.15) is 27.7 Å². The summed E-state index contributed by atoms with van der Waals surface area (Å²) in [5, 5.41) is 12.2. The van der Waals surface area contributed by atoms with Crippen molar-refractivity contribution in [1.29, 1.82) is 0 Å². The van der Waals surface area contributed by atoms with Gasteiger partial charge in [-0.05, 0) is 32.7 Å². The molecule has 15 heavy (non-hydrogen) atoms. The van der Waals surface area contributed by atoms with Crippen LogP contribution in [0.25, 0.3) is 0 Å². The Morgan fingerprint density at radius 3 is 2.27 bits per heavy atom. The van der Waals surface area contributed by atoms with Gasteiger partial charge in [0.05, 0.1) is 0 Å². The van der Waals surface area contributed by atoms with Crippen molar-refractivity contribution in [2.24, 2.45) is 16.7 Å². The monoisotopic (exact) mass is 289 g/mol. The zero-order valence-electron chi connectivity index (χ0n) is 9.47. The number of hydrogen-bond acceptors (Lipinski definition) is 4. The summed E-state index contributed by atoms with van der Waals surface area (Å²) in [6.07, 6.45) is 0. The highest BCUT2D eigenvalue weighted by Crippen LogP contribution is 2.68. The molecule has 0 atom stereocenters. The Morgan fingerprint density at radius 1 is 1.27 bits per heavy atom. The number of anilines is 1. The molecule has 1 heterocycles. The minimum absolute atomic E-state index is 0.432. The predicted molar refractivity (Wildman–Crippen MR) is 67.2 cm³/mol. The molecule has 0 radical (unpaired) electrons. The van der Waals surface area contributed by atoms with Gasteiger partial charge in [-0.1, -0.05) is 39.0 Å². The molecule has 1 N–H and O–H groups in total. The van der Waals surface area contributed by atoms with Crippen LogP contribution < -0.4 is 5.32 Å². The molecule has 1 aliphatic carbocycles. The first-order valence-electron chi connectivity index (χ1n) is 5.08. The van der Waals surface area contributed by atoms with Crippen LogP contribution in [0.5, 0.6) is 0 Å². The van der Waals surface area contributed by atoms with E-state index in [1.165, 1.54) is 0 Å². The van der Waals surface area contributed by atoms with Gasteiger partial charge in [-0.3, -0.25) is 0 Å². The number of nitrogens with zero attached hydrogens (tertiary/aromatic N) is 2. The van der Waals surface area contributed by atoms with Gasteiger partial charge in [-0.15, -0.1) is 10.2 Å². The topological polar surface area (TPSA) is 37.8 Å². The van der Waals surface area contributed by atoms with Crippen molar-refractivity contribution < 1.29 is 0 Å². The first-order valence-corrected chi connectivity index (χ1v) is 6.69. The molecule has 0 bridgehead atoms. The third-order valence-corrected chi connectivity index (χ3v) is 5.49. The quantitative estimate of drug-likeness (QED) is 0.927. The van der Waals surface area contributed by atoms with Crippen LogP contribution in [-0.2, 0) is 0 Å². The molecule has 0 aromatic carbocycles. The molecule has 5 heteroatoms. The highest BCUT2D eigenvalue weighted by Gasteiger charge is 2.64. The van der Waals surface area contributed by atoms with Gasteiger partial charge in [0.25, 0.3) is 0 Å². The SMILES string of the molecule is CC1(C)C(CNc2nnc(Br)s2)C1(C)C. The van der Waals surface area contributed by atoms with E-state index in [-0.39, 0.29) is 0 Å². The largest absolute Gasteiger partial charge is 0.360 e. The lowest BCUT2D eigenvalue weighted by Gasteiger charge is -2.04. The Labute approximate surface area is 103 Å². The van der Waals surface area contributed by atoms with Gasteiger partial charge < -0.3 is 5.32 Å². The van der Waals surface area contributed by atoms with E-state index in [0.717, 1.165) is 15.6 Å². The summed E-state index contributed by atoms with van der Waals surface area (Å²) >= 11 is 4.85. The summed E-state index contributed by atoms with van der Waals surface area (Å²) < 4.78 is 0.833. The molecule has 84 valence electrons. The Bertz CT molecular complexity index is 358. The van der Waals surface area contributed by atoms with Gasteiger partial charge in [0, 0.05) is 6.54 Å². The molecule has 2 rings (SSSR count). The second-order valence-corrected chi connectivity index (χ2v) is 7.49. The van der Waals surface area contributed by atoms with Crippen molar-refractivity contribution >= 4 is 32.4 Å². The standard InChI is InChI=1S/C10H16BrN3S/c1-9(2)6(10(9,3)4)5-12-8-14-13-7(11)15-8/h6H,5H2,1-4H3,(H,12,14). The summed E-state index contributed by atoms with van der Waals surface area (Å²) in [7, 11) is 0. The van der Waals surface area contributed by atoms with Crippen LogP contribution in [0, 0.1) is 16.7 Å². The number of hydrogen-bond donors (Lipinski definition) is 1. The minimum atomic E-state index is 0.432. The van der Waals surface area contributed by atoms with Crippen molar-refractivity contribution in [3.05, 3.63) is 3.92 Å². The van der Waals surface area contributed by atoms with E-state index in [1.807, 2.05) is 0 Å². The van der Waals surface area contributed by atoms with Crippen molar-refractivity contribution in [3.8, 4) is 0 Å². The van der Waals surface area contributed by atoms with E-state index in [1.54, 1.807) is 11.3 Å². The molecule has 1 aliphatic rings. The molecular weight excluding hydrogens is 274 g/mol. The fourth-order valence-electron chi connectivity index (χ4n) is 2.31. The molecule has 0 unspecified atom stereocenters. The maximum atomic E-state index is 4.02. The van der Waals surface area contributed by atoms with Gasteiger partial charge in [0.1, 0.15) is 0 Å². The Kier molecular flexibility index (Phi) is 2.58. The van der Waals surface area contributed by atoms with Gasteiger partial charge in [-0.25, -0.2) is 0 Å². The van der Waals surface area contributed by atoms with E-state index in [4.69, 9.17) is 0 Å². The van der Waals surface area contributed by atoms with Crippen LogP contribution in [0.3, 0.4) is 0 Å². The summed E-state index contributed by atoms with van der Waals surface area (Å²) in [6, 6.07) is 0. The van der Waals surface area contributed by atoms with Gasteiger partial charge >= 0.3 is 0 Å². The van der Waals surface area contributed by atoms with E-state index >= 15 is 0 Å². The first kappa shape index (κ1) is 11.3. The molecule has 1 fully saturated rings. The fraction of sp³-hybridized carbons (Fsp3) is 0.800. The lowest BCUT2D eigenvalue weighted by molar-refractivity contribution is 0.457. The number of rotatable bonds is 3. The van der Waals surface area contributed by atoms with Crippen LogP contribution in [-0.4, -0.2) is 16.7 Å². The Balaban J connectivity index is 1.91. The lowest BCUT2D eigenvalue weighted by atomic mass is 10.0. The highest BCUT2D eigenvalue weighted by atomic mass is 79.9. The van der Waals surface area contributed by atoms with E-state index in [2.05, 4.69) is 59.1 Å². The second-order valence-electron chi connectivity index (χ2n) is 5.24. The van der Waals surface area contributed by atoms with E-state index in [9.17, 15) is 0 Å². The molecule has 0 saturated heterocycles. The number of halogens is 1. The molecule has 3 nitrogen and oxygen atoms in total. The summed E-state index contributed by atoms with van der Waals surface area (Å²) in [4.78, 5) is 0. The number of nitrogens with one attached hydrogen (secondary N) is 1. The van der Waals surface area contributed by atoms with Crippen LogP contribution >= 0.6 is 27.3 Å². The van der Waals surface area contributed by atoms with E-state index < -0.39 is 0 Å². The minimum Gasteiger partial charge on any atom is -0.360 e. The highest BCUT2D eigenvalue weighted by molar-refractivity contribution is 9.11. The maximum absolute atomic E-state index is 4.02. The second kappa shape index (κ2) is 3.42. The summed E-state index contributed by atoms with van der Waals surface area (Å²) in [6.45, 7) is 10.3. The van der Waals surface area contributed by atoms with Crippen molar-refractivity contribution in [2.45, 2.75) is 27.7 Å². The van der Waals surface area contributed by atoms with Crippen molar-refractivity contribution in [2.75, 3.05) is 11.9 Å². The molecule has 1 saturated carbocycles. The first-order chi connectivity index (χ1) is 6.85. The smallest absolute Gasteiger partial charge is 0.206 e. The fourth-order valence-corrected chi connectivity index (χ4v) is 3.33. The zero-order chi connectivity index (χ0) is 11.3. The number of aromatic nitrogens is 2. The van der Waals surface area contributed by atoms with Crippen LogP contribution in [0.2, 0.25) is 0 Å². The molecular formula is C10H16BrN3S. The summed E-state index contributed by atoms with van der Waals surface area (Å²) in [5.41, 5.74) is 0.865. The molecule has 1 aromatic rings. The third kappa shape index (κ3) is 1.80. The Hall–Kier alpha value is -0.160. The average Bonchev–Trinajstić information content (AvgIpc) is 2.50.